The fourth-order valence-corrected chi connectivity index (χ4v) is 4.76. The van der Waals surface area contributed by atoms with Crippen molar-refractivity contribution in [3.63, 3.8) is 0 Å². The topological polar surface area (TPSA) is 12.0 Å². The summed E-state index contributed by atoms with van der Waals surface area (Å²) in [6, 6.07) is 9.14. The van der Waals surface area contributed by atoms with E-state index in [0.717, 1.165) is 27.8 Å². The first-order valence-electron chi connectivity index (χ1n) is 10.1. The number of benzene rings is 2. The second kappa shape index (κ2) is 7.08. The summed E-state index contributed by atoms with van der Waals surface area (Å²) in [7, 11) is 0. The minimum Gasteiger partial charge on any atom is -0.381 e. The molecule has 2 aromatic carbocycles. The predicted octanol–water partition coefficient (Wildman–Crippen LogP) is 6.87. The van der Waals surface area contributed by atoms with Crippen LogP contribution in [-0.4, -0.2) is 0 Å². The molecule has 2 aromatic rings. The van der Waals surface area contributed by atoms with Crippen molar-refractivity contribution in [2.24, 2.45) is 0 Å². The van der Waals surface area contributed by atoms with Crippen molar-refractivity contribution >= 4 is 0 Å². The quantitative estimate of drug-likeness (QED) is 0.545. The Morgan fingerprint density at radius 2 is 1.69 bits per heavy atom. The number of aryl methyl sites for hydroxylation is 2. The molecule has 0 saturated carbocycles. The molecule has 1 aliphatic heterocycles. The van der Waals surface area contributed by atoms with Crippen LogP contribution in [0.4, 0.5) is 13.2 Å². The first-order valence-corrected chi connectivity index (χ1v) is 10.1. The number of rotatable bonds is 2. The summed E-state index contributed by atoms with van der Waals surface area (Å²) in [5, 5.41) is 3.43. The molecule has 152 valence electrons. The molecular weight excluding hydrogens is 371 g/mol. The van der Waals surface area contributed by atoms with Gasteiger partial charge in [0.15, 0.2) is 0 Å². The van der Waals surface area contributed by atoms with Crippen molar-refractivity contribution in [1.29, 1.82) is 0 Å². The molecule has 0 aromatic heterocycles. The highest BCUT2D eigenvalue weighted by molar-refractivity contribution is 5.55. The molecule has 0 amide bonds. The zero-order chi connectivity index (χ0) is 20.9. The second-order valence-electron chi connectivity index (χ2n) is 8.55. The summed E-state index contributed by atoms with van der Waals surface area (Å²) >= 11 is 0. The Bertz CT molecular complexity index is 991. The molecule has 1 heterocycles. The Morgan fingerprint density at radius 1 is 1.00 bits per heavy atom. The van der Waals surface area contributed by atoms with E-state index in [1.54, 1.807) is 0 Å². The van der Waals surface area contributed by atoms with E-state index in [1.807, 2.05) is 26.1 Å². The fraction of sp³-hybridized carbons (Fsp3) is 0.360. The number of halogens is 3. The Hall–Kier alpha value is -2.49. The van der Waals surface area contributed by atoms with Gasteiger partial charge in [0.05, 0.1) is 11.6 Å². The van der Waals surface area contributed by atoms with Crippen molar-refractivity contribution < 1.29 is 13.2 Å². The molecule has 29 heavy (non-hydrogen) atoms. The van der Waals surface area contributed by atoms with Crippen LogP contribution in [0.2, 0.25) is 0 Å². The van der Waals surface area contributed by atoms with E-state index in [-0.39, 0.29) is 17.9 Å². The van der Waals surface area contributed by atoms with E-state index < -0.39 is 11.7 Å². The van der Waals surface area contributed by atoms with Crippen molar-refractivity contribution in [2.45, 2.75) is 58.2 Å². The van der Waals surface area contributed by atoms with E-state index in [0.29, 0.717) is 6.42 Å². The van der Waals surface area contributed by atoms with E-state index in [2.05, 4.69) is 43.4 Å². The van der Waals surface area contributed by atoms with E-state index in [1.165, 1.54) is 23.3 Å². The van der Waals surface area contributed by atoms with Gasteiger partial charge in [0, 0.05) is 5.92 Å². The number of nitrogens with one attached hydrogen (secondary N) is 1. The first-order chi connectivity index (χ1) is 13.6. The van der Waals surface area contributed by atoms with Crippen LogP contribution in [0, 0.1) is 13.8 Å². The van der Waals surface area contributed by atoms with Crippen LogP contribution >= 0.6 is 0 Å². The highest BCUT2D eigenvalue weighted by Crippen LogP contribution is 2.46. The highest BCUT2D eigenvalue weighted by atomic mass is 19.4. The summed E-state index contributed by atoms with van der Waals surface area (Å²) in [5.41, 5.74) is 6.77. The second-order valence-corrected chi connectivity index (χ2v) is 8.55. The smallest absolute Gasteiger partial charge is 0.381 e. The first kappa shape index (κ1) is 19.8. The third-order valence-electron chi connectivity index (χ3n) is 5.97. The maximum atomic E-state index is 13.6. The summed E-state index contributed by atoms with van der Waals surface area (Å²) in [5.74, 6) is -0.0902. The van der Waals surface area contributed by atoms with E-state index in [9.17, 15) is 13.2 Å². The SMILES string of the molecule is Cc1cc(C)cc(C2NC=CC3C2=CCc2c(C(C)C)cc(C(F)(F)F)cc23)c1. The normalized spacial score (nSPS) is 20.8. The zero-order valence-corrected chi connectivity index (χ0v) is 17.2. The molecule has 0 fully saturated rings. The molecule has 4 heteroatoms. The Labute approximate surface area is 170 Å². The summed E-state index contributed by atoms with van der Waals surface area (Å²) in [4.78, 5) is 0. The number of hydrogen-bond donors (Lipinski definition) is 1. The summed E-state index contributed by atoms with van der Waals surface area (Å²) in [6.45, 7) is 8.07. The van der Waals surface area contributed by atoms with Gasteiger partial charge >= 0.3 is 6.18 Å². The Kier molecular flexibility index (Phi) is 4.84. The molecule has 2 atom stereocenters. The van der Waals surface area contributed by atoms with Gasteiger partial charge in [0.2, 0.25) is 0 Å². The lowest BCUT2D eigenvalue weighted by molar-refractivity contribution is -0.137. The molecule has 1 aliphatic carbocycles. The molecule has 0 bridgehead atoms. The van der Waals surface area contributed by atoms with Crippen LogP contribution in [0.5, 0.6) is 0 Å². The average Bonchev–Trinajstić information content (AvgIpc) is 2.64. The Balaban J connectivity index is 1.84. The minimum atomic E-state index is -4.34. The van der Waals surface area contributed by atoms with Crippen LogP contribution in [0.1, 0.15) is 70.7 Å². The maximum Gasteiger partial charge on any atom is 0.416 e. The van der Waals surface area contributed by atoms with Gasteiger partial charge in [-0.1, -0.05) is 55.3 Å². The summed E-state index contributed by atoms with van der Waals surface area (Å²) in [6.07, 6.45) is 2.43. The number of fused-ring (bicyclic) bond motifs is 3. The monoisotopic (exact) mass is 397 g/mol. The molecular formula is C25H26F3N. The van der Waals surface area contributed by atoms with E-state index in [4.69, 9.17) is 0 Å². The van der Waals surface area contributed by atoms with Crippen molar-refractivity contribution in [3.8, 4) is 0 Å². The van der Waals surface area contributed by atoms with Crippen molar-refractivity contribution in [3.05, 3.63) is 93.2 Å². The van der Waals surface area contributed by atoms with Crippen LogP contribution in [0.3, 0.4) is 0 Å². The fourth-order valence-electron chi connectivity index (χ4n) is 4.76. The van der Waals surface area contributed by atoms with Gasteiger partial charge in [0.1, 0.15) is 0 Å². The lowest BCUT2D eigenvalue weighted by atomic mass is 9.73. The van der Waals surface area contributed by atoms with Gasteiger partial charge in [-0.2, -0.15) is 13.2 Å². The minimum absolute atomic E-state index is 0.0196. The standard InChI is InChI=1S/C25H26F3N/c1-14(2)22-12-18(25(26,27)28)13-23-19(22)5-6-21-20(23)7-8-29-24(21)17-10-15(3)9-16(4)11-17/h6-14,20,24,29H,5H2,1-4H3. The van der Waals surface area contributed by atoms with Crippen LogP contribution in [0.15, 0.2) is 54.3 Å². The maximum absolute atomic E-state index is 13.6. The third-order valence-corrected chi connectivity index (χ3v) is 5.97. The van der Waals surface area contributed by atoms with Gasteiger partial charge < -0.3 is 5.32 Å². The van der Waals surface area contributed by atoms with Crippen molar-refractivity contribution in [2.75, 3.05) is 0 Å². The third kappa shape index (κ3) is 3.61. The van der Waals surface area contributed by atoms with Gasteiger partial charge in [-0.05, 0) is 72.3 Å². The largest absolute Gasteiger partial charge is 0.416 e. The number of hydrogen-bond acceptors (Lipinski definition) is 1. The molecule has 4 rings (SSSR count). The lowest BCUT2D eigenvalue weighted by Crippen LogP contribution is -2.28. The lowest BCUT2D eigenvalue weighted by Gasteiger charge is -2.36. The van der Waals surface area contributed by atoms with Crippen molar-refractivity contribution in [1.82, 2.24) is 5.32 Å². The van der Waals surface area contributed by atoms with Gasteiger partial charge in [-0.3, -0.25) is 0 Å². The molecule has 1 N–H and O–H groups in total. The molecule has 2 aliphatic rings. The molecule has 0 spiro atoms. The van der Waals surface area contributed by atoms with Gasteiger partial charge in [0.25, 0.3) is 0 Å². The Morgan fingerprint density at radius 3 is 2.31 bits per heavy atom. The zero-order valence-electron chi connectivity index (χ0n) is 17.2. The van der Waals surface area contributed by atoms with E-state index >= 15 is 0 Å². The molecule has 0 radical (unpaired) electrons. The van der Waals surface area contributed by atoms with Crippen LogP contribution in [-0.2, 0) is 12.6 Å². The molecule has 2 unspecified atom stereocenters. The molecule has 0 saturated heterocycles. The van der Waals surface area contributed by atoms with Gasteiger partial charge in [-0.25, -0.2) is 0 Å². The average molecular weight is 397 g/mol. The number of alkyl halides is 3. The van der Waals surface area contributed by atoms with Crippen LogP contribution < -0.4 is 5.32 Å². The predicted molar refractivity (Wildman–Crippen MR) is 111 cm³/mol. The molecule has 1 nitrogen and oxygen atoms in total. The highest BCUT2D eigenvalue weighted by Gasteiger charge is 2.36. The summed E-state index contributed by atoms with van der Waals surface area (Å²) < 4.78 is 40.8. The van der Waals surface area contributed by atoms with Crippen LogP contribution in [0.25, 0.3) is 0 Å². The number of allylic oxidation sites excluding steroid dienone is 2. The van der Waals surface area contributed by atoms with Gasteiger partial charge in [-0.15, -0.1) is 0 Å².